The van der Waals surface area contributed by atoms with Crippen molar-refractivity contribution in [3.8, 4) is 11.4 Å². The zero-order valence-electron chi connectivity index (χ0n) is 15.1. The Morgan fingerprint density at radius 2 is 2.07 bits per heavy atom. The number of piperidine rings is 1. The zero-order chi connectivity index (χ0) is 18.1. The smallest absolute Gasteiger partial charge is 0.236 e. The van der Waals surface area contributed by atoms with Crippen LogP contribution in [0.15, 0.2) is 42.7 Å². The lowest BCUT2D eigenvalue weighted by atomic mass is 9.94. The standard InChI is InChI=1S/C19H20ClN5O.2ClH/c20-14-6-7-18-22-10-17(25(18)12-14)16-5-1-4-15(23-16)13-3-2-8-24(11-13)19(26)9-21;;/h1,4-7,10,12-13H,2-3,8-9,11,21H2;2*1H. The van der Waals surface area contributed by atoms with Crippen LogP contribution in [-0.2, 0) is 4.79 Å². The molecule has 0 bridgehead atoms. The molecule has 28 heavy (non-hydrogen) atoms. The van der Waals surface area contributed by atoms with Gasteiger partial charge in [0.2, 0.25) is 5.91 Å². The molecule has 0 radical (unpaired) electrons. The van der Waals surface area contributed by atoms with E-state index in [0.29, 0.717) is 11.6 Å². The Morgan fingerprint density at radius 1 is 1.25 bits per heavy atom. The van der Waals surface area contributed by atoms with Gasteiger partial charge in [-0.1, -0.05) is 17.7 Å². The first-order valence-electron chi connectivity index (χ1n) is 8.73. The molecule has 4 rings (SSSR count). The van der Waals surface area contributed by atoms with Gasteiger partial charge in [0.1, 0.15) is 5.65 Å². The highest BCUT2D eigenvalue weighted by Crippen LogP contribution is 2.28. The van der Waals surface area contributed by atoms with Gasteiger partial charge in [-0.3, -0.25) is 14.2 Å². The summed E-state index contributed by atoms with van der Waals surface area (Å²) in [7, 11) is 0. The average Bonchev–Trinajstić information content (AvgIpc) is 3.10. The molecule has 0 saturated carbocycles. The van der Waals surface area contributed by atoms with Gasteiger partial charge in [-0.05, 0) is 37.1 Å². The van der Waals surface area contributed by atoms with Crippen LogP contribution < -0.4 is 5.73 Å². The fourth-order valence-electron chi connectivity index (χ4n) is 3.54. The molecule has 6 nitrogen and oxygen atoms in total. The number of carbonyl (C=O) groups is 1. The van der Waals surface area contributed by atoms with Crippen molar-refractivity contribution in [1.82, 2.24) is 19.3 Å². The van der Waals surface area contributed by atoms with E-state index in [2.05, 4.69) is 4.98 Å². The van der Waals surface area contributed by atoms with E-state index in [1.165, 1.54) is 0 Å². The second-order valence-electron chi connectivity index (χ2n) is 6.55. The van der Waals surface area contributed by atoms with Gasteiger partial charge in [-0.25, -0.2) is 4.98 Å². The Hall–Kier alpha value is -1.86. The highest BCUT2D eigenvalue weighted by Gasteiger charge is 2.25. The van der Waals surface area contributed by atoms with Crippen LogP contribution in [0.2, 0.25) is 5.02 Å². The van der Waals surface area contributed by atoms with E-state index in [1.807, 2.05) is 52.0 Å². The van der Waals surface area contributed by atoms with Gasteiger partial charge in [0, 0.05) is 30.9 Å². The van der Waals surface area contributed by atoms with Crippen molar-refractivity contribution in [3.05, 3.63) is 53.4 Å². The predicted molar refractivity (Wildman–Crippen MR) is 116 cm³/mol. The van der Waals surface area contributed by atoms with Crippen molar-refractivity contribution in [2.45, 2.75) is 18.8 Å². The van der Waals surface area contributed by atoms with Gasteiger partial charge < -0.3 is 10.6 Å². The van der Waals surface area contributed by atoms with E-state index < -0.39 is 0 Å². The number of hydrogen-bond acceptors (Lipinski definition) is 4. The molecule has 2 N–H and O–H groups in total. The number of nitrogens with two attached hydrogens (primary N) is 1. The molecule has 1 fully saturated rings. The van der Waals surface area contributed by atoms with Crippen molar-refractivity contribution >= 4 is 48.0 Å². The second kappa shape index (κ2) is 9.56. The molecule has 3 aromatic rings. The van der Waals surface area contributed by atoms with Crippen molar-refractivity contribution in [3.63, 3.8) is 0 Å². The first-order valence-corrected chi connectivity index (χ1v) is 9.11. The molecule has 3 aromatic heterocycles. The quantitative estimate of drug-likeness (QED) is 0.673. The monoisotopic (exact) mass is 441 g/mol. The lowest BCUT2D eigenvalue weighted by molar-refractivity contribution is -0.130. The van der Waals surface area contributed by atoms with E-state index in [4.69, 9.17) is 22.3 Å². The lowest BCUT2D eigenvalue weighted by Gasteiger charge is -2.32. The summed E-state index contributed by atoms with van der Waals surface area (Å²) in [6.07, 6.45) is 5.63. The molecule has 1 unspecified atom stereocenters. The van der Waals surface area contributed by atoms with Crippen molar-refractivity contribution < 1.29 is 4.79 Å². The topological polar surface area (TPSA) is 76.5 Å². The third-order valence-corrected chi connectivity index (χ3v) is 5.09. The Labute approximate surface area is 180 Å². The number of rotatable bonds is 3. The van der Waals surface area contributed by atoms with Gasteiger partial charge >= 0.3 is 0 Å². The van der Waals surface area contributed by atoms with E-state index >= 15 is 0 Å². The minimum absolute atomic E-state index is 0. The minimum atomic E-state index is 0. The number of pyridine rings is 2. The largest absolute Gasteiger partial charge is 0.341 e. The maximum atomic E-state index is 11.9. The molecule has 1 atom stereocenters. The molecular formula is C19H22Cl3N5O. The summed E-state index contributed by atoms with van der Waals surface area (Å²) in [5.74, 6) is 0.226. The Balaban J connectivity index is 0.00000140. The maximum Gasteiger partial charge on any atom is 0.236 e. The molecule has 0 spiro atoms. The number of likely N-dealkylation sites (tertiary alicyclic amines) is 1. The van der Waals surface area contributed by atoms with E-state index in [1.54, 1.807) is 0 Å². The van der Waals surface area contributed by atoms with Crippen LogP contribution in [0.1, 0.15) is 24.5 Å². The van der Waals surface area contributed by atoms with Crippen molar-refractivity contribution in [1.29, 1.82) is 0 Å². The van der Waals surface area contributed by atoms with Gasteiger partial charge in [-0.2, -0.15) is 0 Å². The third-order valence-electron chi connectivity index (χ3n) is 4.87. The van der Waals surface area contributed by atoms with Crippen LogP contribution in [-0.4, -0.2) is 44.8 Å². The van der Waals surface area contributed by atoms with E-state index in [9.17, 15) is 4.79 Å². The highest BCUT2D eigenvalue weighted by molar-refractivity contribution is 6.30. The SMILES string of the molecule is Cl.Cl.NCC(=O)N1CCCC(c2cccc(-c3cnc4ccc(Cl)cn34)n2)C1. The van der Waals surface area contributed by atoms with Crippen LogP contribution >= 0.6 is 36.4 Å². The minimum Gasteiger partial charge on any atom is -0.341 e. The summed E-state index contributed by atoms with van der Waals surface area (Å²) in [6.45, 7) is 1.51. The maximum absolute atomic E-state index is 11.9. The summed E-state index contributed by atoms with van der Waals surface area (Å²) in [4.78, 5) is 23.1. The second-order valence-corrected chi connectivity index (χ2v) is 6.99. The number of imidazole rings is 1. The number of hydrogen-bond donors (Lipinski definition) is 1. The summed E-state index contributed by atoms with van der Waals surface area (Å²) >= 11 is 6.13. The molecule has 1 aliphatic rings. The van der Waals surface area contributed by atoms with Crippen LogP contribution in [0.5, 0.6) is 0 Å². The van der Waals surface area contributed by atoms with Crippen LogP contribution in [0, 0.1) is 0 Å². The van der Waals surface area contributed by atoms with E-state index in [-0.39, 0.29) is 43.2 Å². The molecule has 4 heterocycles. The first kappa shape index (κ1) is 22.4. The summed E-state index contributed by atoms with van der Waals surface area (Å²) in [5, 5.41) is 0.649. The third kappa shape index (κ3) is 4.41. The summed E-state index contributed by atoms with van der Waals surface area (Å²) in [5.41, 5.74) is 9.08. The van der Waals surface area contributed by atoms with Crippen molar-refractivity contribution in [2.24, 2.45) is 5.73 Å². The Morgan fingerprint density at radius 3 is 2.86 bits per heavy atom. The molecular weight excluding hydrogens is 421 g/mol. The molecule has 1 saturated heterocycles. The number of carbonyl (C=O) groups excluding carboxylic acids is 1. The van der Waals surface area contributed by atoms with Crippen molar-refractivity contribution in [2.75, 3.05) is 19.6 Å². The van der Waals surface area contributed by atoms with Gasteiger partial charge in [0.25, 0.3) is 0 Å². The number of amides is 1. The molecule has 1 amide bonds. The fraction of sp³-hybridized carbons (Fsp3) is 0.316. The highest BCUT2D eigenvalue weighted by atomic mass is 35.5. The zero-order valence-corrected chi connectivity index (χ0v) is 17.5. The summed E-state index contributed by atoms with van der Waals surface area (Å²) in [6, 6.07) is 9.71. The van der Waals surface area contributed by atoms with Gasteiger partial charge in [0.15, 0.2) is 0 Å². The lowest BCUT2D eigenvalue weighted by Crippen LogP contribution is -2.42. The van der Waals surface area contributed by atoms with Crippen LogP contribution in [0.4, 0.5) is 0 Å². The Kier molecular flexibility index (Phi) is 7.66. The molecule has 9 heteroatoms. The predicted octanol–water partition coefficient (Wildman–Crippen LogP) is 3.56. The average molecular weight is 443 g/mol. The molecule has 0 aromatic carbocycles. The molecule has 1 aliphatic heterocycles. The van der Waals surface area contributed by atoms with Gasteiger partial charge in [0.05, 0.1) is 29.2 Å². The first-order chi connectivity index (χ1) is 12.7. The Bertz CT molecular complexity index is 962. The van der Waals surface area contributed by atoms with Crippen LogP contribution in [0.25, 0.3) is 17.0 Å². The number of nitrogens with zero attached hydrogens (tertiary/aromatic N) is 4. The number of fused-ring (bicyclic) bond motifs is 1. The molecule has 150 valence electrons. The summed E-state index contributed by atoms with van der Waals surface area (Å²) < 4.78 is 1.94. The number of halogens is 3. The normalized spacial score (nSPS) is 16.4. The van der Waals surface area contributed by atoms with E-state index in [0.717, 1.165) is 42.1 Å². The molecule has 0 aliphatic carbocycles. The fourth-order valence-corrected chi connectivity index (χ4v) is 3.70. The van der Waals surface area contributed by atoms with Crippen LogP contribution in [0.3, 0.4) is 0 Å². The van der Waals surface area contributed by atoms with Gasteiger partial charge in [-0.15, -0.1) is 24.8 Å². The number of aromatic nitrogens is 3.